The molecule has 2 N–H and O–H groups in total. The molecule has 0 amide bonds. The van der Waals surface area contributed by atoms with Crippen molar-refractivity contribution >= 4 is 11.6 Å². The van der Waals surface area contributed by atoms with Gasteiger partial charge in [-0.1, -0.05) is 0 Å². The Balaban J connectivity index is 1.63. The molecular weight excluding hydrogens is 242 g/mol. The van der Waals surface area contributed by atoms with E-state index >= 15 is 0 Å². The number of fused-ring (bicyclic) bond motifs is 1. The van der Waals surface area contributed by atoms with Crippen molar-refractivity contribution in [2.45, 2.75) is 19.8 Å². The molecule has 3 aromatic heterocycles. The van der Waals surface area contributed by atoms with Gasteiger partial charge in [0.1, 0.15) is 12.1 Å². The monoisotopic (exact) mass is 257 g/mol. The molecule has 0 spiro atoms. The van der Waals surface area contributed by atoms with Crippen LogP contribution in [0.4, 0.5) is 5.82 Å². The standard InChI is InChI=1S/C12H15N7/c1-9-7-11(19-12(17-9)14-8-16-19)13-5-2-3-10-4-6-15-18-10/h4,6-8,13H,2-3,5H2,1H3,(H,15,18). The van der Waals surface area contributed by atoms with Crippen molar-refractivity contribution in [1.82, 2.24) is 29.8 Å². The first-order valence-electron chi connectivity index (χ1n) is 6.22. The lowest BCUT2D eigenvalue weighted by molar-refractivity contribution is 0.814. The van der Waals surface area contributed by atoms with Crippen LogP contribution < -0.4 is 5.32 Å². The van der Waals surface area contributed by atoms with Crippen molar-refractivity contribution in [3.63, 3.8) is 0 Å². The first-order chi connectivity index (χ1) is 9.33. The molecule has 0 aliphatic rings. The highest BCUT2D eigenvalue weighted by Gasteiger charge is 2.04. The second-order valence-corrected chi connectivity index (χ2v) is 4.37. The molecule has 0 unspecified atom stereocenters. The molecule has 0 saturated carbocycles. The fraction of sp³-hybridized carbons (Fsp3) is 0.333. The lowest BCUT2D eigenvalue weighted by atomic mass is 10.2. The van der Waals surface area contributed by atoms with E-state index in [1.54, 1.807) is 10.7 Å². The van der Waals surface area contributed by atoms with Gasteiger partial charge in [0.15, 0.2) is 0 Å². The summed E-state index contributed by atoms with van der Waals surface area (Å²) < 4.78 is 1.71. The Morgan fingerprint density at radius 2 is 2.37 bits per heavy atom. The molecule has 3 heterocycles. The molecule has 0 atom stereocenters. The van der Waals surface area contributed by atoms with Crippen LogP contribution in [0.15, 0.2) is 24.7 Å². The van der Waals surface area contributed by atoms with E-state index in [0.717, 1.165) is 36.6 Å². The molecule has 0 saturated heterocycles. The van der Waals surface area contributed by atoms with Crippen molar-refractivity contribution < 1.29 is 0 Å². The zero-order valence-corrected chi connectivity index (χ0v) is 10.7. The summed E-state index contributed by atoms with van der Waals surface area (Å²) in [6.45, 7) is 2.81. The zero-order chi connectivity index (χ0) is 13.1. The van der Waals surface area contributed by atoms with Crippen LogP contribution in [0.5, 0.6) is 0 Å². The molecule has 0 aliphatic heterocycles. The largest absolute Gasteiger partial charge is 0.370 e. The van der Waals surface area contributed by atoms with E-state index in [1.807, 2.05) is 19.1 Å². The van der Waals surface area contributed by atoms with Gasteiger partial charge in [-0.15, -0.1) is 0 Å². The Morgan fingerprint density at radius 1 is 1.42 bits per heavy atom. The maximum atomic E-state index is 4.30. The highest BCUT2D eigenvalue weighted by molar-refractivity contribution is 5.44. The Hall–Kier alpha value is -2.44. The summed E-state index contributed by atoms with van der Waals surface area (Å²) in [5, 5.41) is 14.4. The van der Waals surface area contributed by atoms with Crippen molar-refractivity contribution in [3.05, 3.63) is 36.0 Å². The van der Waals surface area contributed by atoms with E-state index in [0.29, 0.717) is 5.78 Å². The summed E-state index contributed by atoms with van der Waals surface area (Å²) in [6, 6.07) is 3.96. The highest BCUT2D eigenvalue weighted by atomic mass is 15.3. The molecule has 0 aromatic carbocycles. The molecule has 3 rings (SSSR count). The highest BCUT2D eigenvalue weighted by Crippen LogP contribution is 2.10. The van der Waals surface area contributed by atoms with Crippen molar-refractivity contribution in [2.75, 3.05) is 11.9 Å². The average molecular weight is 257 g/mol. The molecular formula is C12H15N7. The number of aromatic amines is 1. The van der Waals surface area contributed by atoms with Gasteiger partial charge >= 0.3 is 0 Å². The van der Waals surface area contributed by atoms with E-state index in [-0.39, 0.29) is 0 Å². The number of anilines is 1. The minimum absolute atomic E-state index is 0.621. The third-order valence-electron chi connectivity index (χ3n) is 2.87. The van der Waals surface area contributed by atoms with Crippen LogP contribution in [-0.4, -0.2) is 36.3 Å². The number of aromatic nitrogens is 6. The number of nitrogens with zero attached hydrogens (tertiary/aromatic N) is 5. The number of nitrogens with one attached hydrogen (secondary N) is 2. The summed E-state index contributed by atoms with van der Waals surface area (Å²) in [4.78, 5) is 8.40. The van der Waals surface area contributed by atoms with E-state index in [4.69, 9.17) is 0 Å². The van der Waals surface area contributed by atoms with Gasteiger partial charge in [-0.25, -0.2) is 4.98 Å². The minimum atomic E-state index is 0.621. The normalized spacial score (nSPS) is 11.0. The SMILES string of the molecule is Cc1cc(NCCCc2ccn[nH]2)n2ncnc2n1. The minimum Gasteiger partial charge on any atom is -0.370 e. The number of aryl methyl sites for hydroxylation is 2. The Labute approximate surface area is 110 Å². The molecule has 0 aliphatic carbocycles. The maximum Gasteiger partial charge on any atom is 0.254 e. The average Bonchev–Trinajstić information content (AvgIpc) is 3.04. The van der Waals surface area contributed by atoms with Crippen molar-refractivity contribution in [2.24, 2.45) is 0 Å². The van der Waals surface area contributed by atoms with Gasteiger partial charge in [0.25, 0.3) is 5.78 Å². The van der Waals surface area contributed by atoms with Gasteiger partial charge in [0, 0.05) is 30.2 Å². The van der Waals surface area contributed by atoms with Gasteiger partial charge in [-0.3, -0.25) is 5.10 Å². The fourth-order valence-electron chi connectivity index (χ4n) is 1.98. The lowest BCUT2D eigenvalue weighted by Gasteiger charge is -2.08. The van der Waals surface area contributed by atoms with Crippen molar-refractivity contribution in [3.8, 4) is 0 Å². The first-order valence-corrected chi connectivity index (χ1v) is 6.22. The van der Waals surface area contributed by atoms with E-state index in [9.17, 15) is 0 Å². The van der Waals surface area contributed by atoms with Crippen LogP contribution in [0.25, 0.3) is 5.78 Å². The fourth-order valence-corrected chi connectivity index (χ4v) is 1.98. The summed E-state index contributed by atoms with van der Waals surface area (Å²) in [6.07, 6.45) is 5.27. The predicted molar refractivity (Wildman–Crippen MR) is 70.9 cm³/mol. The Bertz CT molecular complexity index is 656. The van der Waals surface area contributed by atoms with Crippen LogP contribution in [0.1, 0.15) is 17.8 Å². The van der Waals surface area contributed by atoms with E-state index < -0.39 is 0 Å². The Morgan fingerprint density at radius 3 is 3.21 bits per heavy atom. The van der Waals surface area contributed by atoms with Crippen molar-refractivity contribution in [1.29, 1.82) is 0 Å². The molecule has 19 heavy (non-hydrogen) atoms. The van der Waals surface area contributed by atoms with Gasteiger partial charge in [0.05, 0.1) is 0 Å². The summed E-state index contributed by atoms with van der Waals surface area (Å²) in [5.74, 6) is 1.54. The van der Waals surface area contributed by atoms with Crippen LogP contribution in [0.2, 0.25) is 0 Å². The van der Waals surface area contributed by atoms with Crippen LogP contribution >= 0.6 is 0 Å². The molecule has 0 bridgehead atoms. The van der Waals surface area contributed by atoms with Crippen LogP contribution in [-0.2, 0) is 6.42 Å². The molecule has 7 heteroatoms. The number of H-pyrrole nitrogens is 1. The lowest BCUT2D eigenvalue weighted by Crippen LogP contribution is -2.09. The topological polar surface area (TPSA) is 83.8 Å². The quantitative estimate of drug-likeness (QED) is 0.671. The number of hydrogen-bond acceptors (Lipinski definition) is 5. The van der Waals surface area contributed by atoms with Gasteiger partial charge < -0.3 is 5.32 Å². The predicted octanol–water partition coefficient (Wildman–Crippen LogP) is 1.20. The van der Waals surface area contributed by atoms with Crippen LogP contribution in [0.3, 0.4) is 0 Å². The smallest absolute Gasteiger partial charge is 0.254 e. The third-order valence-corrected chi connectivity index (χ3v) is 2.87. The summed E-state index contributed by atoms with van der Waals surface area (Å²) in [5.41, 5.74) is 2.08. The van der Waals surface area contributed by atoms with Crippen LogP contribution in [0, 0.1) is 6.92 Å². The first kappa shape index (κ1) is 11.6. The maximum absolute atomic E-state index is 4.30. The van der Waals surface area contributed by atoms with Gasteiger partial charge in [0.2, 0.25) is 0 Å². The second-order valence-electron chi connectivity index (χ2n) is 4.37. The summed E-state index contributed by atoms with van der Waals surface area (Å²) in [7, 11) is 0. The molecule has 7 nitrogen and oxygen atoms in total. The summed E-state index contributed by atoms with van der Waals surface area (Å²) >= 11 is 0. The third kappa shape index (κ3) is 2.54. The van der Waals surface area contributed by atoms with Gasteiger partial charge in [-0.05, 0) is 25.8 Å². The van der Waals surface area contributed by atoms with E-state index in [2.05, 4.69) is 30.6 Å². The van der Waals surface area contributed by atoms with E-state index in [1.165, 1.54) is 6.33 Å². The number of hydrogen-bond donors (Lipinski definition) is 2. The second kappa shape index (κ2) is 5.05. The molecule has 98 valence electrons. The number of rotatable bonds is 5. The molecule has 0 fully saturated rings. The zero-order valence-electron chi connectivity index (χ0n) is 10.7. The Kier molecular flexibility index (Phi) is 3.09. The molecule has 3 aromatic rings. The molecule has 0 radical (unpaired) electrons. The van der Waals surface area contributed by atoms with Gasteiger partial charge in [-0.2, -0.15) is 19.7 Å².